The largest absolute Gasteiger partial charge is 0.756 e. The number of rotatable bonds is 38. The lowest BCUT2D eigenvalue weighted by Gasteiger charge is -2.26. The Morgan fingerprint density at radius 1 is 0.585 bits per heavy atom. The molecule has 53 heavy (non-hydrogen) atoms. The predicted octanol–water partition coefficient (Wildman–Crippen LogP) is 9.83. The molecule has 12 heteroatoms. The SMILES string of the molecule is CCCCCCCCCCCCCCCC(=O)OCC(COP(=O)([O-])OCCN1C(=O)C=CC1=O)OC(=O)CCCCCCCCCCCCCCC. The minimum atomic E-state index is -4.88. The van der Waals surface area contributed by atoms with Crippen LogP contribution in [0.5, 0.6) is 0 Å². The molecule has 0 radical (unpaired) electrons. The number of phosphoric ester groups is 1. The molecule has 0 spiro atoms. The maximum atomic E-state index is 12.6. The summed E-state index contributed by atoms with van der Waals surface area (Å²) in [6.45, 7) is 2.77. The van der Waals surface area contributed by atoms with Gasteiger partial charge in [0.1, 0.15) is 6.61 Å². The molecule has 2 amide bonds. The van der Waals surface area contributed by atoms with Crippen molar-refractivity contribution >= 4 is 31.6 Å². The summed E-state index contributed by atoms with van der Waals surface area (Å²) in [6, 6.07) is 0. The van der Waals surface area contributed by atoms with Gasteiger partial charge in [0, 0.05) is 25.0 Å². The number of phosphoric acid groups is 1. The lowest BCUT2D eigenvalue weighted by atomic mass is 10.0. The van der Waals surface area contributed by atoms with Crippen LogP contribution in [-0.2, 0) is 42.3 Å². The van der Waals surface area contributed by atoms with Crippen molar-refractivity contribution in [1.29, 1.82) is 0 Å². The fourth-order valence-corrected chi connectivity index (χ4v) is 7.03. The molecule has 0 aromatic heterocycles. The van der Waals surface area contributed by atoms with E-state index < -0.39 is 50.9 Å². The first-order valence-electron chi connectivity index (χ1n) is 21.2. The Morgan fingerprint density at radius 2 is 0.962 bits per heavy atom. The van der Waals surface area contributed by atoms with Crippen LogP contribution in [-0.4, -0.2) is 61.1 Å². The molecular formula is C41H73NO10P-. The third-order valence-electron chi connectivity index (χ3n) is 9.58. The molecule has 0 saturated heterocycles. The molecule has 2 atom stereocenters. The molecule has 11 nitrogen and oxygen atoms in total. The van der Waals surface area contributed by atoms with E-state index in [2.05, 4.69) is 13.8 Å². The summed E-state index contributed by atoms with van der Waals surface area (Å²) in [4.78, 5) is 61.7. The van der Waals surface area contributed by atoms with E-state index in [1.807, 2.05) is 0 Å². The second kappa shape index (κ2) is 33.3. The smallest absolute Gasteiger partial charge is 0.306 e. The highest BCUT2D eigenvalue weighted by molar-refractivity contribution is 7.45. The van der Waals surface area contributed by atoms with Crippen LogP contribution in [0.4, 0.5) is 0 Å². The normalized spacial score (nSPS) is 14.5. The molecule has 1 heterocycles. The summed E-state index contributed by atoms with van der Waals surface area (Å²) >= 11 is 0. The average Bonchev–Trinajstić information content (AvgIpc) is 3.45. The molecule has 2 unspecified atom stereocenters. The lowest BCUT2D eigenvalue weighted by molar-refractivity contribution is -0.228. The van der Waals surface area contributed by atoms with Crippen molar-refractivity contribution in [2.75, 3.05) is 26.4 Å². The van der Waals surface area contributed by atoms with Gasteiger partial charge in [0.2, 0.25) is 0 Å². The van der Waals surface area contributed by atoms with Gasteiger partial charge in [-0.3, -0.25) is 28.6 Å². The van der Waals surface area contributed by atoms with Gasteiger partial charge in [-0.15, -0.1) is 0 Å². The summed E-state index contributed by atoms with van der Waals surface area (Å²) in [7, 11) is -4.88. The third kappa shape index (κ3) is 29.0. The van der Waals surface area contributed by atoms with Gasteiger partial charge in [-0.2, -0.15) is 0 Å². The van der Waals surface area contributed by atoms with Crippen LogP contribution in [0.15, 0.2) is 12.2 Å². The zero-order valence-corrected chi connectivity index (χ0v) is 34.2. The number of carbonyl (C=O) groups is 4. The van der Waals surface area contributed by atoms with Gasteiger partial charge in [-0.05, 0) is 12.8 Å². The number of carbonyl (C=O) groups excluding carboxylic acids is 4. The van der Waals surface area contributed by atoms with Gasteiger partial charge in [0.05, 0.1) is 19.8 Å². The highest BCUT2D eigenvalue weighted by Gasteiger charge is 2.25. The number of unbranched alkanes of at least 4 members (excludes halogenated alkanes) is 24. The van der Waals surface area contributed by atoms with E-state index in [0.717, 1.165) is 55.6 Å². The van der Waals surface area contributed by atoms with Crippen LogP contribution in [0.25, 0.3) is 0 Å². The second-order valence-electron chi connectivity index (χ2n) is 14.5. The fourth-order valence-electron chi connectivity index (χ4n) is 6.30. The molecule has 1 rings (SSSR count). The highest BCUT2D eigenvalue weighted by atomic mass is 31.2. The Morgan fingerprint density at radius 3 is 1.38 bits per heavy atom. The number of esters is 2. The Balaban J connectivity index is 2.35. The fraction of sp³-hybridized carbons (Fsp3) is 0.854. The van der Waals surface area contributed by atoms with Crippen LogP contribution < -0.4 is 4.89 Å². The number of imide groups is 1. The molecule has 0 aromatic rings. The molecule has 0 saturated carbocycles. The van der Waals surface area contributed by atoms with E-state index in [0.29, 0.717) is 12.8 Å². The third-order valence-corrected chi connectivity index (χ3v) is 10.5. The molecule has 308 valence electrons. The minimum absolute atomic E-state index is 0.165. The Hall–Kier alpha value is -2.07. The van der Waals surface area contributed by atoms with Crippen LogP contribution in [0.1, 0.15) is 194 Å². The Kier molecular flexibility index (Phi) is 30.7. The maximum absolute atomic E-state index is 12.6. The van der Waals surface area contributed by atoms with E-state index in [9.17, 15) is 28.6 Å². The van der Waals surface area contributed by atoms with Crippen molar-refractivity contribution in [3.8, 4) is 0 Å². The first-order valence-corrected chi connectivity index (χ1v) is 22.6. The van der Waals surface area contributed by atoms with Crippen molar-refractivity contribution in [1.82, 2.24) is 4.90 Å². The van der Waals surface area contributed by atoms with Crippen molar-refractivity contribution in [3.05, 3.63) is 12.2 Å². The first kappa shape index (κ1) is 48.9. The monoisotopic (exact) mass is 770 g/mol. The average molecular weight is 771 g/mol. The van der Waals surface area contributed by atoms with Crippen LogP contribution in [0.3, 0.4) is 0 Å². The number of ether oxygens (including phenoxy) is 2. The maximum Gasteiger partial charge on any atom is 0.306 e. The molecule has 0 fully saturated rings. The highest BCUT2D eigenvalue weighted by Crippen LogP contribution is 2.38. The molecule has 0 aliphatic carbocycles. The molecule has 1 aliphatic rings. The number of hydrogen-bond donors (Lipinski definition) is 0. The number of nitrogens with zero attached hydrogens (tertiary/aromatic N) is 1. The molecular weight excluding hydrogens is 697 g/mol. The van der Waals surface area contributed by atoms with Crippen molar-refractivity contribution < 1.29 is 47.2 Å². The lowest BCUT2D eigenvalue weighted by Crippen LogP contribution is -2.33. The second-order valence-corrected chi connectivity index (χ2v) is 15.9. The predicted molar refractivity (Wildman–Crippen MR) is 207 cm³/mol. The minimum Gasteiger partial charge on any atom is -0.756 e. The zero-order chi connectivity index (χ0) is 38.8. The topological polar surface area (TPSA) is 149 Å². The quantitative estimate of drug-likeness (QED) is 0.0257. The van der Waals surface area contributed by atoms with Gasteiger partial charge >= 0.3 is 11.9 Å². The first-order chi connectivity index (χ1) is 25.7. The number of amides is 2. The van der Waals surface area contributed by atoms with Crippen molar-refractivity contribution in [2.24, 2.45) is 0 Å². The Labute approximate surface area is 321 Å². The van der Waals surface area contributed by atoms with E-state index in [1.54, 1.807) is 0 Å². The van der Waals surface area contributed by atoms with Crippen LogP contribution >= 0.6 is 7.82 Å². The van der Waals surface area contributed by atoms with Gasteiger partial charge in [-0.25, -0.2) is 0 Å². The summed E-state index contributed by atoms with van der Waals surface area (Å²) in [5.41, 5.74) is 0. The van der Waals surface area contributed by atoms with E-state index >= 15 is 0 Å². The zero-order valence-electron chi connectivity index (χ0n) is 33.3. The summed E-state index contributed by atoms with van der Waals surface area (Å²) in [5, 5.41) is 0. The summed E-state index contributed by atoms with van der Waals surface area (Å²) in [5.74, 6) is -2.08. The van der Waals surface area contributed by atoms with Crippen molar-refractivity contribution in [3.63, 3.8) is 0 Å². The molecule has 0 aromatic carbocycles. The summed E-state index contributed by atoms with van der Waals surface area (Å²) in [6.07, 6.45) is 32.3. The van der Waals surface area contributed by atoms with Gasteiger partial charge in [0.25, 0.3) is 19.6 Å². The standard InChI is InChI=1S/C41H74NO10P/c1-3-5-7-9-11-13-15-17-19-21-23-25-27-29-40(45)49-35-37(36-51-53(47,48)50-34-33-42-38(43)31-32-39(42)44)52-41(46)30-28-26-24-22-20-18-16-14-12-10-8-6-4-2/h31-32,37H,3-30,33-36H2,1-2H3,(H,47,48)/p-1. The van der Waals surface area contributed by atoms with E-state index in [1.165, 1.54) is 116 Å². The van der Waals surface area contributed by atoms with E-state index in [4.69, 9.17) is 18.5 Å². The summed E-state index contributed by atoms with van der Waals surface area (Å²) < 4.78 is 33.0. The molecule has 0 N–H and O–H groups in total. The van der Waals surface area contributed by atoms with Gasteiger partial charge < -0.3 is 23.4 Å². The van der Waals surface area contributed by atoms with E-state index in [-0.39, 0.29) is 26.0 Å². The van der Waals surface area contributed by atoms with Gasteiger partial charge in [-0.1, -0.05) is 168 Å². The van der Waals surface area contributed by atoms with Gasteiger partial charge in [0.15, 0.2) is 6.10 Å². The van der Waals surface area contributed by atoms with Crippen LogP contribution in [0, 0.1) is 0 Å². The van der Waals surface area contributed by atoms with Crippen molar-refractivity contribution in [2.45, 2.75) is 200 Å². The van der Waals surface area contributed by atoms with Crippen LogP contribution in [0.2, 0.25) is 0 Å². The molecule has 1 aliphatic heterocycles. The Bertz CT molecular complexity index is 1030. The molecule has 0 bridgehead atoms. The number of hydrogen-bond acceptors (Lipinski definition) is 10.